The van der Waals surface area contributed by atoms with Crippen LogP contribution in [0.4, 0.5) is 0 Å². The van der Waals surface area contributed by atoms with E-state index in [2.05, 4.69) is 46.4 Å². The smallest absolute Gasteiger partial charge is 0.121 e. The highest BCUT2D eigenvalue weighted by molar-refractivity contribution is 9.10. The van der Waals surface area contributed by atoms with Crippen molar-refractivity contribution in [1.29, 1.82) is 0 Å². The molecular weight excluding hydrogens is 338 g/mol. The van der Waals surface area contributed by atoms with Crippen LogP contribution in [0.15, 0.2) is 46.9 Å². The van der Waals surface area contributed by atoms with Crippen LogP contribution in [-0.4, -0.2) is 6.54 Å². The van der Waals surface area contributed by atoms with E-state index in [4.69, 9.17) is 16.3 Å². The second-order valence-electron chi connectivity index (χ2n) is 4.45. The van der Waals surface area contributed by atoms with E-state index in [9.17, 15) is 0 Å². The summed E-state index contributed by atoms with van der Waals surface area (Å²) in [5, 5.41) is 3.99. The van der Waals surface area contributed by atoms with Crippen LogP contribution >= 0.6 is 27.5 Å². The maximum Gasteiger partial charge on any atom is 0.121 e. The second-order valence-corrected chi connectivity index (χ2v) is 5.74. The Hall–Kier alpha value is -1.03. The lowest BCUT2D eigenvalue weighted by atomic mass is 10.1. The van der Waals surface area contributed by atoms with Crippen molar-refractivity contribution in [3.05, 3.63) is 63.1 Å². The Morgan fingerprint density at radius 2 is 2.05 bits per heavy atom. The number of ether oxygens (including phenoxy) is 1. The number of halogens is 2. The molecule has 0 saturated carbocycles. The quantitative estimate of drug-likeness (QED) is 0.805. The van der Waals surface area contributed by atoms with E-state index in [1.807, 2.05) is 24.3 Å². The standard InChI is InChI=1S/C16H17BrClNO/c1-2-19-10-12-6-7-13(16(17)8-12)11-20-15-5-3-4-14(18)9-15/h3-9,19H,2,10-11H2,1H3. The lowest BCUT2D eigenvalue weighted by Crippen LogP contribution is -2.11. The highest BCUT2D eigenvalue weighted by Gasteiger charge is 2.03. The maximum atomic E-state index is 5.93. The third-order valence-corrected chi connectivity index (χ3v) is 3.86. The zero-order chi connectivity index (χ0) is 14.4. The molecule has 20 heavy (non-hydrogen) atoms. The van der Waals surface area contributed by atoms with Gasteiger partial charge in [0.15, 0.2) is 0 Å². The van der Waals surface area contributed by atoms with Gasteiger partial charge in [-0.1, -0.05) is 52.7 Å². The van der Waals surface area contributed by atoms with Crippen LogP contribution < -0.4 is 10.1 Å². The van der Waals surface area contributed by atoms with Gasteiger partial charge in [-0.25, -0.2) is 0 Å². The number of hydrogen-bond donors (Lipinski definition) is 1. The van der Waals surface area contributed by atoms with Crippen molar-refractivity contribution in [2.75, 3.05) is 6.54 Å². The lowest BCUT2D eigenvalue weighted by molar-refractivity contribution is 0.305. The summed E-state index contributed by atoms with van der Waals surface area (Å²) in [7, 11) is 0. The minimum atomic E-state index is 0.516. The fourth-order valence-corrected chi connectivity index (χ4v) is 2.53. The molecule has 2 rings (SSSR count). The normalized spacial score (nSPS) is 10.6. The average molecular weight is 355 g/mol. The molecule has 0 unspecified atom stereocenters. The molecule has 0 spiro atoms. The van der Waals surface area contributed by atoms with Gasteiger partial charge in [0.1, 0.15) is 12.4 Å². The second kappa shape index (κ2) is 7.67. The van der Waals surface area contributed by atoms with Crippen LogP contribution in [0.1, 0.15) is 18.1 Å². The first-order valence-corrected chi connectivity index (χ1v) is 7.72. The van der Waals surface area contributed by atoms with E-state index in [-0.39, 0.29) is 0 Å². The Morgan fingerprint density at radius 3 is 2.75 bits per heavy atom. The van der Waals surface area contributed by atoms with E-state index in [0.29, 0.717) is 11.6 Å². The zero-order valence-corrected chi connectivity index (χ0v) is 13.7. The van der Waals surface area contributed by atoms with Crippen molar-refractivity contribution in [2.45, 2.75) is 20.1 Å². The molecule has 0 aliphatic rings. The predicted octanol–water partition coefficient (Wildman–Crippen LogP) is 4.79. The predicted molar refractivity (Wildman–Crippen MR) is 87.3 cm³/mol. The SMILES string of the molecule is CCNCc1ccc(COc2cccc(Cl)c2)c(Br)c1. The van der Waals surface area contributed by atoms with E-state index < -0.39 is 0 Å². The minimum Gasteiger partial charge on any atom is -0.489 e. The van der Waals surface area contributed by atoms with Crippen molar-refractivity contribution in [3.63, 3.8) is 0 Å². The van der Waals surface area contributed by atoms with Gasteiger partial charge in [0, 0.05) is 21.6 Å². The van der Waals surface area contributed by atoms with E-state index in [0.717, 1.165) is 28.9 Å². The molecule has 0 atom stereocenters. The molecule has 0 aliphatic heterocycles. The molecule has 106 valence electrons. The third-order valence-electron chi connectivity index (χ3n) is 2.89. The molecule has 0 heterocycles. The van der Waals surface area contributed by atoms with Crippen LogP contribution in [0.5, 0.6) is 5.75 Å². The first-order valence-electron chi connectivity index (χ1n) is 6.55. The van der Waals surface area contributed by atoms with Gasteiger partial charge in [0.2, 0.25) is 0 Å². The summed E-state index contributed by atoms with van der Waals surface area (Å²) in [6.07, 6.45) is 0. The molecule has 2 aromatic rings. The molecule has 1 N–H and O–H groups in total. The third kappa shape index (κ3) is 4.51. The zero-order valence-electron chi connectivity index (χ0n) is 11.3. The summed E-state index contributed by atoms with van der Waals surface area (Å²) in [5.41, 5.74) is 2.37. The Kier molecular flexibility index (Phi) is 5.89. The molecule has 4 heteroatoms. The molecule has 0 fully saturated rings. The van der Waals surface area contributed by atoms with Gasteiger partial charge in [0.25, 0.3) is 0 Å². The summed E-state index contributed by atoms with van der Waals surface area (Å²) in [4.78, 5) is 0. The van der Waals surface area contributed by atoms with Crippen molar-refractivity contribution in [2.24, 2.45) is 0 Å². The first-order chi connectivity index (χ1) is 9.69. The van der Waals surface area contributed by atoms with Crippen LogP contribution in [0.25, 0.3) is 0 Å². The van der Waals surface area contributed by atoms with Crippen LogP contribution in [-0.2, 0) is 13.2 Å². The van der Waals surface area contributed by atoms with Crippen molar-refractivity contribution in [1.82, 2.24) is 5.32 Å². The van der Waals surface area contributed by atoms with Gasteiger partial charge in [-0.05, 0) is 36.4 Å². The van der Waals surface area contributed by atoms with Gasteiger partial charge in [0.05, 0.1) is 0 Å². The summed E-state index contributed by atoms with van der Waals surface area (Å²) >= 11 is 9.52. The Balaban J connectivity index is 1.99. The summed E-state index contributed by atoms with van der Waals surface area (Å²) in [6, 6.07) is 13.8. The van der Waals surface area contributed by atoms with Gasteiger partial charge >= 0.3 is 0 Å². The molecule has 0 aliphatic carbocycles. The van der Waals surface area contributed by atoms with E-state index >= 15 is 0 Å². The van der Waals surface area contributed by atoms with Crippen molar-refractivity contribution < 1.29 is 4.74 Å². The molecular formula is C16H17BrClNO. The lowest BCUT2D eigenvalue weighted by Gasteiger charge is -2.10. The molecule has 0 amide bonds. The van der Waals surface area contributed by atoms with Crippen molar-refractivity contribution >= 4 is 27.5 Å². The minimum absolute atomic E-state index is 0.516. The maximum absolute atomic E-state index is 5.93. The number of hydrogen-bond acceptors (Lipinski definition) is 2. The van der Waals surface area contributed by atoms with Gasteiger partial charge in [-0.2, -0.15) is 0 Å². The van der Waals surface area contributed by atoms with Gasteiger partial charge in [-0.3, -0.25) is 0 Å². The molecule has 0 saturated heterocycles. The number of rotatable bonds is 6. The van der Waals surface area contributed by atoms with E-state index in [1.165, 1.54) is 5.56 Å². The number of nitrogens with one attached hydrogen (secondary N) is 1. The van der Waals surface area contributed by atoms with Gasteiger partial charge < -0.3 is 10.1 Å². The highest BCUT2D eigenvalue weighted by atomic mass is 79.9. The fraction of sp³-hybridized carbons (Fsp3) is 0.250. The summed E-state index contributed by atoms with van der Waals surface area (Å²) in [6.45, 7) is 4.46. The molecule has 2 nitrogen and oxygen atoms in total. The Morgan fingerprint density at radius 1 is 1.20 bits per heavy atom. The molecule has 0 radical (unpaired) electrons. The highest BCUT2D eigenvalue weighted by Crippen LogP contribution is 2.22. The van der Waals surface area contributed by atoms with E-state index in [1.54, 1.807) is 0 Å². The Bertz CT molecular complexity index is 574. The molecule has 0 bridgehead atoms. The van der Waals surface area contributed by atoms with Crippen molar-refractivity contribution in [3.8, 4) is 5.75 Å². The van der Waals surface area contributed by atoms with Crippen LogP contribution in [0, 0.1) is 0 Å². The monoisotopic (exact) mass is 353 g/mol. The van der Waals surface area contributed by atoms with Crippen LogP contribution in [0.2, 0.25) is 5.02 Å². The summed E-state index contributed by atoms with van der Waals surface area (Å²) < 4.78 is 6.81. The molecule has 0 aromatic heterocycles. The van der Waals surface area contributed by atoms with Gasteiger partial charge in [-0.15, -0.1) is 0 Å². The average Bonchev–Trinajstić information content (AvgIpc) is 2.44. The largest absolute Gasteiger partial charge is 0.489 e. The van der Waals surface area contributed by atoms with Crippen LogP contribution in [0.3, 0.4) is 0 Å². The number of benzene rings is 2. The Labute approximate surface area is 133 Å². The first kappa shape index (κ1) is 15.4. The molecule has 2 aromatic carbocycles. The summed E-state index contributed by atoms with van der Waals surface area (Å²) in [5.74, 6) is 0.779. The topological polar surface area (TPSA) is 21.3 Å². The fourth-order valence-electron chi connectivity index (χ4n) is 1.81.